The van der Waals surface area contributed by atoms with Gasteiger partial charge in [0.2, 0.25) is 0 Å². The van der Waals surface area contributed by atoms with E-state index in [0.717, 1.165) is 5.56 Å². The minimum Gasteiger partial charge on any atom is -0.349 e. The zero-order valence-electron chi connectivity index (χ0n) is 14.2. The van der Waals surface area contributed by atoms with Crippen molar-refractivity contribution in [3.8, 4) is 11.3 Å². The molecule has 0 aliphatic carbocycles. The molecule has 2 rings (SSSR count). The number of nitrogens with one attached hydrogen (secondary N) is 2. The van der Waals surface area contributed by atoms with E-state index in [1.165, 1.54) is 6.07 Å². The Balaban J connectivity index is 2.09. The largest absolute Gasteiger partial charge is 0.349 e. The Morgan fingerprint density at radius 1 is 1.35 bits per heavy atom. The molecule has 0 aliphatic rings. The highest BCUT2D eigenvalue weighted by molar-refractivity contribution is 5.93. The van der Waals surface area contributed by atoms with E-state index < -0.39 is 0 Å². The SMILES string of the molecule is Cc1cc(-c2cc(C(=O)NCC(C)(C)N(C)C)[nH]n2)ccc1F. The van der Waals surface area contributed by atoms with Crippen LogP contribution < -0.4 is 5.32 Å². The van der Waals surface area contributed by atoms with Crippen LogP contribution in [0, 0.1) is 12.7 Å². The van der Waals surface area contributed by atoms with Crippen molar-refractivity contribution in [1.82, 2.24) is 20.4 Å². The number of aryl methyl sites for hydroxylation is 1. The number of carbonyl (C=O) groups excluding carboxylic acids is 1. The molecule has 0 aliphatic heterocycles. The number of aromatic nitrogens is 2. The Morgan fingerprint density at radius 2 is 2.04 bits per heavy atom. The summed E-state index contributed by atoms with van der Waals surface area (Å²) in [7, 11) is 3.94. The van der Waals surface area contributed by atoms with Gasteiger partial charge in [-0.25, -0.2) is 4.39 Å². The maximum Gasteiger partial charge on any atom is 0.269 e. The van der Waals surface area contributed by atoms with Gasteiger partial charge in [0.1, 0.15) is 11.5 Å². The minimum atomic E-state index is -0.256. The standard InChI is InChI=1S/C17H23FN4O/c1-11-8-12(6-7-13(11)18)14-9-15(21-20-14)16(23)19-10-17(2,3)22(4)5/h6-9H,10H2,1-5H3,(H,19,23)(H,20,21). The maximum absolute atomic E-state index is 13.3. The number of H-pyrrole nitrogens is 1. The molecule has 0 unspecified atom stereocenters. The monoisotopic (exact) mass is 318 g/mol. The van der Waals surface area contributed by atoms with Crippen LogP contribution in [0.3, 0.4) is 0 Å². The number of nitrogens with zero attached hydrogens (tertiary/aromatic N) is 2. The normalized spacial score (nSPS) is 11.8. The number of carbonyl (C=O) groups is 1. The van der Waals surface area contributed by atoms with Crippen molar-refractivity contribution in [2.45, 2.75) is 26.3 Å². The molecule has 6 heteroatoms. The van der Waals surface area contributed by atoms with Gasteiger partial charge < -0.3 is 10.2 Å². The third kappa shape index (κ3) is 3.96. The predicted octanol–water partition coefficient (Wildman–Crippen LogP) is 2.59. The second-order valence-corrected chi connectivity index (χ2v) is 6.52. The smallest absolute Gasteiger partial charge is 0.269 e. The molecule has 1 amide bonds. The van der Waals surface area contributed by atoms with Crippen LogP contribution in [0.15, 0.2) is 24.3 Å². The third-order valence-electron chi connectivity index (χ3n) is 4.17. The molecule has 1 aromatic heterocycles. The van der Waals surface area contributed by atoms with Gasteiger partial charge in [0, 0.05) is 17.6 Å². The van der Waals surface area contributed by atoms with Gasteiger partial charge in [-0.05, 0) is 64.7 Å². The van der Waals surface area contributed by atoms with Crippen LogP contribution in [-0.4, -0.2) is 47.2 Å². The lowest BCUT2D eigenvalue weighted by atomic mass is 10.0. The van der Waals surface area contributed by atoms with Crippen molar-refractivity contribution in [1.29, 1.82) is 0 Å². The second-order valence-electron chi connectivity index (χ2n) is 6.52. The number of aromatic amines is 1. The molecule has 2 N–H and O–H groups in total. The lowest BCUT2D eigenvalue weighted by Gasteiger charge is -2.32. The van der Waals surface area contributed by atoms with Gasteiger partial charge in [-0.15, -0.1) is 0 Å². The Labute approximate surface area is 135 Å². The molecule has 23 heavy (non-hydrogen) atoms. The second kappa shape index (κ2) is 6.50. The molecule has 0 atom stereocenters. The Bertz CT molecular complexity index is 706. The first-order valence-electron chi connectivity index (χ1n) is 7.48. The van der Waals surface area contributed by atoms with Crippen molar-refractivity contribution < 1.29 is 9.18 Å². The van der Waals surface area contributed by atoms with E-state index in [1.807, 2.05) is 32.8 Å². The van der Waals surface area contributed by atoms with Crippen LogP contribution in [0.1, 0.15) is 29.9 Å². The van der Waals surface area contributed by atoms with E-state index >= 15 is 0 Å². The average Bonchev–Trinajstić information content (AvgIpc) is 2.97. The summed E-state index contributed by atoms with van der Waals surface area (Å²) in [6, 6.07) is 6.43. The molecular weight excluding hydrogens is 295 g/mol. The van der Waals surface area contributed by atoms with Gasteiger partial charge in [0.05, 0.1) is 5.69 Å². The van der Waals surface area contributed by atoms with Crippen LogP contribution in [0.2, 0.25) is 0 Å². The first kappa shape index (κ1) is 17.1. The molecule has 2 aromatic rings. The lowest BCUT2D eigenvalue weighted by molar-refractivity contribution is 0.0914. The van der Waals surface area contributed by atoms with Crippen LogP contribution >= 0.6 is 0 Å². The Morgan fingerprint density at radius 3 is 2.65 bits per heavy atom. The van der Waals surface area contributed by atoms with Crippen molar-refractivity contribution in [3.05, 3.63) is 41.3 Å². The molecule has 0 fully saturated rings. The number of amides is 1. The van der Waals surface area contributed by atoms with E-state index in [9.17, 15) is 9.18 Å². The van der Waals surface area contributed by atoms with Crippen molar-refractivity contribution in [2.75, 3.05) is 20.6 Å². The molecule has 0 radical (unpaired) electrons. The molecule has 1 aromatic carbocycles. The van der Waals surface area contributed by atoms with Crippen LogP contribution in [0.25, 0.3) is 11.3 Å². The van der Waals surface area contributed by atoms with Gasteiger partial charge >= 0.3 is 0 Å². The molecule has 0 saturated carbocycles. The quantitative estimate of drug-likeness (QED) is 0.891. The Kier molecular flexibility index (Phi) is 4.85. The highest BCUT2D eigenvalue weighted by Gasteiger charge is 2.22. The van der Waals surface area contributed by atoms with E-state index in [2.05, 4.69) is 15.5 Å². The summed E-state index contributed by atoms with van der Waals surface area (Å²) in [6.45, 7) is 6.31. The summed E-state index contributed by atoms with van der Waals surface area (Å²) >= 11 is 0. The summed E-state index contributed by atoms with van der Waals surface area (Å²) in [4.78, 5) is 14.3. The molecular formula is C17H23FN4O. The van der Waals surface area contributed by atoms with Crippen LogP contribution in [-0.2, 0) is 0 Å². The van der Waals surface area contributed by atoms with E-state index in [1.54, 1.807) is 25.1 Å². The number of likely N-dealkylation sites (N-methyl/N-ethyl adjacent to an activating group) is 1. The fraction of sp³-hybridized carbons (Fsp3) is 0.412. The van der Waals surface area contributed by atoms with E-state index in [4.69, 9.17) is 0 Å². The van der Waals surface area contributed by atoms with Gasteiger partial charge in [-0.1, -0.05) is 0 Å². The zero-order chi connectivity index (χ0) is 17.2. The summed E-state index contributed by atoms with van der Waals surface area (Å²) < 4.78 is 13.3. The summed E-state index contributed by atoms with van der Waals surface area (Å²) in [6.07, 6.45) is 0. The molecule has 1 heterocycles. The molecule has 5 nitrogen and oxygen atoms in total. The number of hydrogen-bond donors (Lipinski definition) is 2. The van der Waals surface area contributed by atoms with Gasteiger partial charge in [-0.2, -0.15) is 5.10 Å². The fourth-order valence-electron chi connectivity index (χ4n) is 1.94. The van der Waals surface area contributed by atoms with Gasteiger partial charge in [0.15, 0.2) is 0 Å². The van der Waals surface area contributed by atoms with Crippen molar-refractivity contribution in [3.63, 3.8) is 0 Å². The summed E-state index contributed by atoms with van der Waals surface area (Å²) in [5.74, 6) is -0.467. The first-order valence-corrected chi connectivity index (χ1v) is 7.48. The average molecular weight is 318 g/mol. The van der Waals surface area contributed by atoms with Gasteiger partial charge in [0.25, 0.3) is 5.91 Å². The number of benzene rings is 1. The first-order chi connectivity index (χ1) is 10.7. The molecule has 124 valence electrons. The van der Waals surface area contributed by atoms with Crippen molar-refractivity contribution in [2.24, 2.45) is 0 Å². The zero-order valence-corrected chi connectivity index (χ0v) is 14.2. The predicted molar refractivity (Wildman–Crippen MR) is 88.8 cm³/mol. The lowest BCUT2D eigenvalue weighted by Crippen LogP contribution is -2.48. The van der Waals surface area contributed by atoms with E-state index in [0.29, 0.717) is 23.5 Å². The minimum absolute atomic E-state index is 0.146. The van der Waals surface area contributed by atoms with E-state index in [-0.39, 0.29) is 17.3 Å². The van der Waals surface area contributed by atoms with Crippen molar-refractivity contribution >= 4 is 5.91 Å². The Hall–Kier alpha value is -2.21. The van der Waals surface area contributed by atoms with Crippen LogP contribution in [0.5, 0.6) is 0 Å². The highest BCUT2D eigenvalue weighted by atomic mass is 19.1. The highest BCUT2D eigenvalue weighted by Crippen LogP contribution is 2.20. The summed E-state index contributed by atoms with van der Waals surface area (Å²) in [5, 5.41) is 9.77. The molecule has 0 spiro atoms. The fourth-order valence-corrected chi connectivity index (χ4v) is 1.94. The maximum atomic E-state index is 13.3. The molecule has 0 saturated heterocycles. The van der Waals surface area contributed by atoms with Gasteiger partial charge in [-0.3, -0.25) is 9.89 Å². The third-order valence-corrected chi connectivity index (χ3v) is 4.17. The van der Waals surface area contributed by atoms with Crippen LogP contribution in [0.4, 0.5) is 4.39 Å². The number of rotatable bonds is 5. The summed E-state index contributed by atoms with van der Waals surface area (Å²) in [5.41, 5.74) is 2.17. The molecule has 0 bridgehead atoms. The number of halogens is 1. The topological polar surface area (TPSA) is 61.0 Å². The number of hydrogen-bond acceptors (Lipinski definition) is 3.